The Balaban J connectivity index is 2.88. The maximum absolute atomic E-state index is 12.7. The van der Waals surface area contributed by atoms with Crippen LogP contribution in [0.5, 0.6) is 0 Å². The predicted octanol–water partition coefficient (Wildman–Crippen LogP) is 2.22. The van der Waals surface area contributed by atoms with E-state index in [0.29, 0.717) is 12.2 Å². The molecule has 0 radical (unpaired) electrons. The molecule has 1 heterocycles. The van der Waals surface area contributed by atoms with Gasteiger partial charge < -0.3 is 0 Å². The second-order valence-electron chi connectivity index (χ2n) is 3.62. The minimum absolute atomic E-state index is 0.218. The van der Waals surface area contributed by atoms with Gasteiger partial charge in [0.25, 0.3) is 0 Å². The fourth-order valence-corrected chi connectivity index (χ4v) is 1.42. The van der Waals surface area contributed by atoms with Crippen molar-refractivity contribution in [3.05, 3.63) is 17.5 Å². The van der Waals surface area contributed by atoms with Crippen molar-refractivity contribution in [2.75, 3.05) is 0 Å². The van der Waals surface area contributed by atoms with Crippen LogP contribution in [0, 0.1) is 6.92 Å². The predicted molar refractivity (Wildman–Crippen MR) is 52.3 cm³/mol. The van der Waals surface area contributed by atoms with Crippen LogP contribution in [0.2, 0.25) is 0 Å². The topological polar surface area (TPSA) is 34.9 Å². The molecule has 0 unspecified atom stereocenters. The highest BCUT2D eigenvalue weighted by Crippen LogP contribution is 2.25. The summed E-state index contributed by atoms with van der Waals surface area (Å²) in [5, 5.41) is 3.94. The van der Waals surface area contributed by atoms with Crippen LogP contribution in [0.15, 0.2) is 6.07 Å². The number of ketones is 1. The lowest BCUT2D eigenvalue weighted by Gasteiger charge is -2.13. The number of hydrogen-bond donors (Lipinski definition) is 0. The first-order valence-electron chi connectivity index (χ1n) is 5.01. The second kappa shape index (κ2) is 4.85. The Bertz CT molecular complexity index is 414. The zero-order valence-electron chi connectivity index (χ0n) is 9.38. The van der Waals surface area contributed by atoms with E-state index in [1.54, 1.807) is 13.8 Å². The van der Waals surface area contributed by atoms with E-state index in [9.17, 15) is 22.4 Å². The molecule has 1 aromatic heterocycles. The van der Waals surface area contributed by atoms with Gasteiger partial charge in [0, 0.05) is 12.2 Å². The lowest BCUT2D eigenvalue weighted by Crippen LogP contribution is -2.38. The second-order valence-corrected chi connectivity index (χ2v) is 3.62. The quantitative estimate of drug-likeness (QED) is 0.753. The maximum atomic E-state index is 12.7. The van der Waals surface area contributed by atoms with E-state index in [1.807, 2.05) is 0 Å². The maximum Gasteiger partial charge on any atom is 0.364 e. The Morgan fingerprint density at radius 3 is 2.59 bits per heavy atom. The van der Waals surface area contributed by atoms with Gasteiger partial charge in [-0.15, -0.1) is 0 Å². The van der Waals surface area contributed by atoms with Crippen molar-refractivity contribution in [1.29, 1.82) is 0 Å². The third-order valence-corrected chi connectivity index (χ3v) is 2.27. The number of halogens is 4. The average molecular weight is 252 g/mol. The number of aryl methyl sites for hydroxylation is 2. The first-order valence-corrected chi connectivity index (χ1v) is 5.01. The van der Waals surface area contributed by atoms with Crippen molar-refractivity contribution in [2.24, 2.45) is 0 Å². The molecule has 7 heteroatoms. The number of alkyl halides is 4. The molecule has 0 aromatic carbocycles. The Morgan fingerprint density at radius 1 is 1.53 bits per heavy atom. The molecule has 0 bridgehead atoms. The van der Waals surface area contributed by atoms with E-state index in [1.165, 1.54) is 10.7 Å². The van der Waals surface area contributed by atoms with Crippen molar-refractivity contribution in [1.82, 2.24) is 9.78 Å². The number of rotatable bonds is 5. The largest absolute Gasteiger partial charge is 0.364 e. The molecule has 0 fully saturated rings. The molecule has 3 nitrogen and oxygen atoms in total. The van der Waals surface area contributed by atoms with Crippen LogP contribution in [0.4, 0.5) is 17.6 Å². The highest BCUT2D eigenvalue weighted by Gasteiger charge is 2.48. The number of aromatic nitrogens is 2. The Labute approximate surface area is 95.4 Å². The molecule has 17 heavy (non-hydrogen) atoms. The van der Waals surface area contributed by atoms with Crippen molar-refractivity contribution in [3.8, 4) is 0 Å². The van der Waals surface area contributed by atoms with E-state index >= 15 is 0 Å². The SMILES string of the molecule is CCn1nc(C)cc1CC(=O)C(F)(F)C(F)F. The summed E-state index contributed by atoms with van der Waals surface area (Å²) in [4.78, 5) is 11.1. The lowest BCUT2D eigenvalue weighted by atomic mass is 10.1. The van der Waals surface area contributed by atoms with E-state index in [4.69, 9.17) is 0 Å². The molecule has 0 saturated heterocycles. The van der Waals surface area contributed by atoms with Gasteiger partial charge in [0.1, 0.15) is 0 Å². The summed E-state index contributed by atoms with van der Waals surface area (Å²) < 4.78 is 50.7. The molecule has 1 rings (SSSR count). The molecule has 0 amide bonds. The van der Waals surface area contributed by atoms with Gasteiger partial charge >= 0.3 is 12.3 Å². The fraction of sp³-hybridized carbons (Fsp3) is 0.600. The van der Waals surface area contributed by atoms with E-state index in [2.05, 4.69) is 5.10 Å². The van der Waals surface area contributed by atoms with Crippen LogP contribution in [0.1, 0.15) is 18.3 Å². The zero-order valence-corrected chi connectivity index (χ0v) is 9.38. The van der Waals surface area contributed by atoms with Gasteiger partial charge in [-0.25, -0.2) is 8.78 Å². The molecule has 96 valence electrons. The van der Waals surface area contributed by atoms with E-state index in [-0.39, 0.29) is 5.69 Å². The summed E-state index contributed by atoms with van der Waals surface area (Å²) in [7, 11) is 0. The smallest absolute Gasteiger partial charge is 0.292 e. The van der Waals surface area contributed by atoms with Crippen LogP contribution in [-0.4, -0.2) is 27.9 Å². The molecule has 0 N–H and O–H groups in total. The highest BCUT2D eigenvalue weighted by molar-refractivity contribution is 5.87. The zero-order chi connectivity index (χ0) is 13.2. The van der Waals surface area contributed by atoms with Crippen LogP contribution >= 0.6 is 0 Å². The fourth-order valence-electron chi connectivity index (χ4n) is 1.42. The van der Waals surface area contributed by atoms with E-state index < -0.39 is 24.6 Å². The molecule has 0 atom stereocenters. The van der Waals surface area contributed by atoms with Gasteiger partial charge in [-0.05, 0) is 19.9 Å². The Morgan fingerprint density at radius 2 is 2.12 bits per heavy atom. The molecule has 0 spiro atoms. The Kier molecular flexibility index (Phi) is 3.90. The summed E-state index contributed by atoms with van der Waals surface area (Å²) in [6.07, 6.45) is -4.72. The normalized spacial score (nSPS) is 12.2. The van der Waals surface area contributed by atoms with Crippen LogP contribution in [-0.2, 0) is 17.8 Å². The van der Waals surface area contributed by atoms with Crippen LogP contribution < -0.4 is 0 Å². The van der Waals surface area contributed by atoms with Crippen LogP contribution in [0.3, 0.4) is 0 Å². The molecule has 0 aliphatic heterocycles. The van der Waals surface area contributed by atoms with Crippen molar-refractivity contribution >= 4 is 5.78 Å². The monoisotopic (exact) mass is 252 g/mol. The number of hydrogen-bond acceptors (Lipinski definition) is 2. The van der Waals surface area contributed by atoms with E-state index in [0.717, 1.165) is 0 Å². The summed E-state index contributed by atoms with van der Waals surface area (Å²) in [5.41, 5.74) is 0.769. The lowest BCUT2D eigenvalue weighted by molar-refractivity contribution is -0.166. The first-order chi connectivity index (χ1) is 7.78. The van der Waals surface area contributed by atoms with Gasteiger partial charge in [0.2, 0.25) is 5.78 Å². The van der Waals surface area contributed by atoms with Gasteiger partial charge in [-0.2, -0.15) is 13.9 Å². The number of nitrogens with zero attached hydrogens (tertiary/aromatic N) is 2. The summed E-state index contributed by atoms with van der Waals surface area (Å²) in [5.74, 6) is -6.39. The molecular weight excluding hydrogens is 240 g/mol. The molecule has 0 saturated carbocycles. The Hall–Kier alpha value is -1.40. The third kappa shape index (κ3) is 2.83. The standard InChI is InChI=1S/C10H12F4N2O/c1-3-16-7(4-6(2)15-16)5-8(17)10(13,14)9(11)12/h4,9H,3,5H2,1-2H3. The summed E-state index contributed by atoms with van der Waals surface area (Å²) in [6.45, 7) is 3.73. The summed E-state index contributed by atoms with van der Waals surface area (Å²) in [6, 6.07) is 1.43. The average Bonchev–Trinajstić information content (AvgIpc) is 2.58. The van der Waals surface area contributed by atoms with Gasteiger partial charge in [-0.1, -0.05) is 0 Å². The minimum Gasteiger partial charge on any atom is -0.292 e. The highest BCUT2D eigenvalue weighted by atomic mass is 19.3. The summed E-state index contributed by atoms with van der Waals surface area (Å²) >= 11 is 0. The van der Waals surface area contributed by atoms with Gasteiger partial charge in [-0.3, -0.25) is 9.48 Å². The number of Topliss-reactive ketones (excluding diaryl/α,β-unsaturated/α-hetero) is 1. The van der Waals surface area contributed by atoms with Crippen LogP contribution in [0.25, 0.3) is 0 Å². The van der Waals surface area contributed by atoms with Crippen molar-refractivity contribution in [3.63, 3.8) is 0 Å². The number of carbonyl (C=O) groups is 1. The molecular formula is C10H12F4N2O. The molecule has 1 aromatic rings. The van der Waals surface area contributed by atoms with Gasteiger partial charge in [0.15, 0.2) is 0 Å². The number of carbonyl (C=O) groups excluding carboxylic acids is 1. The van der Waals surface area contributed by atoms with Crippen molar-refractivity contribution < 1.29 is 22.4 Å². The molecule has 0 aliphatic rings. The minimum atomic E-state index is -4.60. The third-order valence-electron chi connectivity index (χ3n) is 2.27. The van der Waals surface area contributed by atoms with Gasteiger partial charge in [0.05, 0.1) is 12.1 Å². The molecule has 0 aliphatic carbocycles. The first kappa shape index (κ1) is 13.7. The van der Waals surface area contributed by atoms with Crippen molar-refractivity contribution in [2.45, 2.75) is 39.2 Å².